The number of sulfonamides is 1. The maximum atomic E-state index is 12.4. The van der Waals surface area contributed by atoms with Crippen molar-refractivity contribution in [3.05, 3.63) is 59.2 Å². The minimum atomic E-state index is -3.86. The molecule has 0 saturated carbocycles. The van der Waals surface area contributed by atoms with Crippen LogP contribution < -0.4 is 9.46 Å². The van der Waals surface area contributed by atoms with Gasteiger partial charge < -0.3 is 9.47 Å². The topological polar surface area (TPSA) is 98.8 Å². The molecule has 28 heavy (non-hydrogen) atoms. The number of nitrogens with one attached hydrogen (secondary N) is 1. The second kappa shape index (κ2) is 8.99. The van der Waals surface area contributed by atoms with Crippen LogP contribution in [0, 0.1) is 6.92 Å². The lowest BCUT2D eigenvalue weighted by atomic mass is 10.1. The van der Waals surface area contributed by atoms with Crippen molar-refractivity contribution in [1.29, 1.82) is 0 Å². The standard InChI is InChI=1S/C20H23NO6S/c1-13-5-8-18(9-6-13)28(24,25)21-14(2)20(23)27-12-17-11-16(15(3)22)7-10-19(17)26-4/h5-11,14,21H,12H2,1-4H3/t14-/m0/s1. The van der Waals surface area contributed by atoms with Crippen molar-refractivity contribution < 1.29 is 27.5 Å². The van der Waals surface area contributed by atoms with Crippen LogP contribution in [-0.4, -0.2) is 33.3 Å². The van der Waals surface area contributed by atoms with Crippen LogP contribution in [0.3, 0.4) is 0 Å². The molecule has 2 rings (SSSR count). The molecular formula is C20H23NO6S. The molecular weight excluding hydrogens is 382 g/mol. The Kier molecular flexibility index (Phi) is 6.93. The quantitative estimate of drug-likeness (QED) is 0.535. The van der Waals surface area contributed by atoms with Gasteiger partial charge in [0.1, 0.15) is 18.4 Å². The molecule has 1 N–H and O–H groups in total. The molecule has 2 aromatic carbocycles. The van der Waals surface area contributed by atoms with E-state index in [0.29, 0.717) is 16.9 Å². The monoisotopic (exact) mass is 405 g/mol. The van der Waals surface area contributed by atoms with Crippen molar-refractivity contribution in [3.63, 3.8) is 0 Å². The van der Waals surface area contributed by atoms with E-state index in [4.69, 9.17) is 9.47 Å². The first-order valence-corrected chi connectivity index (χ1v) is 10.1. The van der Waals surface area contributed by atoms with E-state index in [9.17, 15) is 18.0 Å². The Morgan fingerprint density at radius 1 is 1.11 bits per heavy atom. The molecule has 7 nitrogen and oxygen atoms in total. The molecule has 0 aliphatic heterocycles. The lowest BCUT2D eigenvalue weighted by molar-refractivity contribution is -0.146. The summed E-state index contributed by atoms with van der Waals surface area (Å²) in [6, 6.07) is 10.00. The molecule has 0 saturated heterocycles. The molecule has 0 unspecified atom stereocenters. The molecule has 0 spiro atoms. The second-order valence-corrected chi connectivity index (χ2v) is 8.06. The number of Topliss-reactive ketones (excluding diaryl/α,β-unsaturated/α-hetero) is 1. The van der Waals surface area contributed by atoms with Crippen molar-refractivity contribution in [3.8, 4) is 5.75 Å². The Labute approximate surface area is 164 Å². The summed E-state index contributed by atoms with van der Waals surface area (Å²) in [7, 11) is -2.39. The smallest absolute Gasteiger partial charge is 0.324 e. The third-order valence-electron chi connectivity index (χ3n) is 4.07. The molecule has 0 aromatic heterocycles. The van der Waals surface area contributed by atoms with Gasteiger partial charge in [-0.1, -0.05) is 17.7 Å². The van der Waals surface area contributed by atoms with Gasteiger partial charge in [-0.2, -0.15) is 4.72 Å². The zero-order chi connectivity index (χ0) is 20.9. The predicted octanol–water partition coefficient (Wildman–Crippen LogP) is 2.62. The van der Waals surface area contributed by atoms with Gasteiger partial charge in [-0.15, -0.1) is 0 Å². The molecule has 0 bridgehead atoms. The van der Waals surface area contributed by atoms with E-state index in [1.807, 2.05) is 6.92 Å². The Balaban J connectivity index is 2.06. The van der Waals surface area contributed by atoms with Crippen LogP contribution in [0.1, 0.15) is 35.3 Å². The molecule has 2 aromatic rings. The highest BCUT2D eigenvalue weighted by Gasteiger charge is 2.23. The lowest BCUT2D eigenvalue weighted by Gasteiger charge is -2.15. The SMILES string of the molecule is COc1ccc(C(C)=O)cc1COC(=O)[C@H](C)NS(=O)(=O)c1ccc(C)cc1. The Bertz CT molecular complexity index is 967. The molecule has 0 aliphatic rings. The summed E-state index contributed by atoms with van der Waals surface area (Å²) < 4.78 is 37.5. The van der Waals surface area contributed by atoms with E-state index in [0.717, 1.165) is 5.56 Å². The fourth-order valence-electron chi connectivity index (χ4n) is 2.45. The van der Waals surface area contributed by atoms with Gasteiger partial charge in [-0.05, 0) is 51.1 Å². The molecule has 8 heteroatoms. The van der Waals surface area contributed by atoms with Crippen LogP contribution in [0.4, 0.5) is 0 Å². The van der Waals surface area contributed by atoms with Gasteiger partial charge in [0, 0.05) is 11.1 Å². The fraction of sp³-hybridized carbons (Fsp3) is 0.300. The predicted molar refractivity (Wildman–Crippen MR) is 104 cm³/mol. The fourth-order valence-corrected chi connectivity index (χ4v) is 3.64. The Hall–Kier alpha value is -2.71. The van der Waals surface area contributed by atoms with E-state index in [1.54, 1.807) is 30.3 Å². The number of hydrogen-bond donors (Lipinski definition) is 1. The number of rotatable bonds is 8. The van der Waals surface area contributed by atoms with Crippen molar-refractivity contribution >= 4 is 21.8 Å². The van der Waals surface area contributed by atoms with Crippen molar-refractivity contribution in [2.75, 3.05) is 7.11 Å². The number of ketones is 1. The zero-order valence-corrected chi connectivity index (χ0v) is 17.0. The zero-order valence-electron chi connectivity index (χ0n) is 16.2. The van der Waals surface area contributed by atoms with Crippen molar-refractivity contribution in [2.24, 2.45) is 0 Å². The van der Waals surface area contributed by atoms with Crippen molar-refractivity contribution in [1.82, 2.24) is 4.72 Å². The third-order valence-corrected chi connectivity index (χ3v) is 5.63. The van der Waals surface area contributed by atoms with Gasteiger partial charge in [0.15, 0.2) is 5.78 Å². The first kappa shape index (κ1) is 21.6. The van der Waals surface area contributed by atoms with E-state index in [-0.39, 0.29) is 17.3 Å². The van der Waals surface area contributed by atoms with Crippen LogP contribution in [0.15, 0.2) is 47.4 Å². The highest BCUT2D eigenvalue weighted by atomic mass is 32.2. The molecule has 1 atom stereocenters. The minimum Gasteiger partial charge on any atom is -0.496 e. The molecule has 150 valence electrons. The number of aryl methyl sites for hydroxylation is 1. The maximum absolute atomic E-state index is 12.4. The van der Waals surface area contributed by atoms with E-state index < -0.39 is 22.0 Å². The molecule has 0 heterocycles. The number of carbonyl (C=O) groups is 2. The van der Waals surface area contributed by atoms with E-state index in [2.05, 4.69) is 4.72 Å². The largest absolute Gasteiger partial charge is 0.496 e. The summed E-state index contributed by atoms with van der Waals surface area (Å²) >= 11 is 0. The van der Waals surface area contributed by atoms with E-state index in [1.165, 1.54) is 33.1 Å². The summed E-state index contributed by atoms with van der Waals surface area (Å²) in [4.78, 5) is 23.8. The highest BCUT2D eigenvalue weighted by molar-refractivity contribution is 7.89. The van der Waals surface area contributed by atoms with Gasteiger partial charge in [-0.25, -0.2) is 8.42 Å². The third kappa shape index (κ3) is 5.40. The summed E-state index contributed by atoms with van der Waals surface area (Å²) in [5, 5.41) is 0. The summed E-state index contributed by atoms with van der Waals surface area (Å²) in [6.45, 7) is 4.52. The van der Waals surface area contributed by atoms with Crippen LogP contribution in [-0.2, 0) is 26.2 Å². The normalized spacial score (nSPS) is 12.3. The van der Waals surface area contributed by atoms with Crippen LogP contribution in [0.25, 0.3) is 0 Å². The van der Waals surface area contributed by atoms with Gasteiger partial charge in [0.05, 0.1) is 12.0 Å². The first-order chi connectivity index (χ1) is 13.1. The number of esters is 1. The summed E-state index contributed by atoms with van der Waals surface area (Å²) in [6.07, 6.45) is 0. The van der Waals surface area contributed by atoms with Gasteiger partial charge in [0.25, 0.3) is 0 Å². The molecule has 0 aliphatic carbocycles. The number of ether oxygens (including phenoxy) is 2. The number of carbonyl (C=O) groups excluding carboxylic acids is 2. The molecule has 0 fully saturated rings. The average molecular weight is 405 g/mol. The molecule has 0 amide bonds. The first-order valence-electron chi connectivity index (χ1n) is 8.57. The Morgan fingerprint density at radius 2 is 1.75 bits per heavy atom. The van der Waals surface area contributed by atoms with Crippen LogP contribution in [0.2, 0.25) is 0 Å². The van der Waals surface area contributed by atoms with Crippen LogP contribution in [0.5, 0.6) is 5.75 Å². The average Bonchev–Trinajstić information content (AvgIpc) is 2.65. The minimum absolute atomic E-state index is 0.0635. The van der Waals surface area contributed by atoms with Gasteiger partial charge >= 0.3 is 5.97 Å². The number of hydrogen-bond acceptors (Lipinski definition) is 6. The second-order valence-electron chi connectivity index (χ2n) is 6.35. The Morgan fingerprint density at radius 3 is 2.32 bits per heavy atom. The summed E-state index contributed by atoms with van der Waals surface area (Å²) in [5.41, 5.74) is 1.89. The number of benzene rings is 2. The van der Waals surface area contributed by atoms with Gasteiger partial charge in [-0.3, -0.25) is 9.59 Å². The van der Waals surface area contributed by atoms with Gasteiger partial charge in [0.2, 0.25) is 10.0 Å². The molecule has 0 radical (unpaired) electrons. The number of methoxy groups -OCH3 is 1. The van der Waals surface area contributed by atoms with E-state index >= 15 is 0 Å². The lowest BCUT2D eigenvalue weighted by Crippen LogP contribution is -2.39. The van der Waals surface area contributed by atoms with Crippen LogP contribution >= 0.6 is 0 Å². The highest BCUT2D eigenvalue weighted by Crippen LogP contribution is 2.21. The maximum Gasteiger partial charge on any atom is 0.324 e. The van der Waals surface area contributed by atoms with Crippen molar-refractivity contribution in [2.45, 2.75) is 38.3 Å². The summed E-state index contributed by atoms with van der Waals surface area (Å²) in [5.74, 6) is -0.411.